The number of rotatable bonds is 11. The van der Waals surface area contributed by atoms with Crippen molar-refractivity contribution in [2.45, 2.75) is 26.3 Å². The molecular formula is C25H35NO3Si. The average Bonchev–Trinajstić information content (AvgIpc) is 2.80. The molecule has 0 radical (unpaired) electrons. The highest BCUT2D eigenvalue weighted by atomic mass is 28.4. The molecule has 0 amide bonds. The van der Waals surface area contributed by atoms with E-state index in [0.717, 1.165) is 62.0 Å². The fourth-order valence-corrected chi connectivity index (χ4v) is 7.28. The SMILES string of the molecule is C=C(c1ccccc1)c1ccc([Si](CCCN2CCOCC2)(OCC)OCC)cc1. The predicted molar refractivity (Wildman–Crippen MR) is 126 cm³/mol. The molecule has 0 N–H and O–H groups in total. The molecule has 1 heterocycles. The zero-order valence-corrected chi connectivity index (χ0v) is 19.4. The Morgan fingerprint density at radius 3 is 2.13 bits per heavy atom. The first-order valence-electron chi connectivity index (χ1n) is 11.1. The van der Waals surface area contributed by atoms with Gasteiger partial charge in [-0.15, -0.1) is 0 Å². The van der Waals surface area contributed by atoms with Crippen LogP contribution in [-0.2, 0) is 13.6 Å². The van der Waals surface area contributed by atoms with Gasteiger partial charge in [0, 0.05) is 26.3 Å². The molecule has 162 valence electrons. The molecule has 1 aliphatic rings. The number of benzene rings is 2. The van der Waals surface area contributed by atoms with E-state index < -0.39 is 8.56 Å². The fraction of sp³-hybridized carbons (Fsp3) is 0.440. The van der Waals surface area contributed by atoms with E-state index in [2.05, 4.69) is 61.7 Å². The quantitative estimate of drug-likeness (QED) is 0.505. The van der Waals surface area contributed by atoms with Crippen LogP contribution in [0.5, 0.6) is 0 Å². The van der Waals surface area contributed by atoms with Gasteiger partial charge in [0.1, 0.15) is 0 Å². The van der Waals surface area contributed by atoms with E-state index in [1.54, 1.807) is 0 Å². The Bertz CT molecular complexity index is 767. The fourth-order valence-electron chi connectivity index (χ4n) is 4.05. The largest absolute Gasteiger partial charge is 0.391 e. The molecule has 0 bridgehead atoms. The van der Waals surface area contributed by atoms with Crippen LogP contribution in [0.3, 0.4) is 0 Å². The maximum Gasteiger partial charge on any atom is 0.372 e. The summed E-state index contributed by atoms with van der Waals surface area (Å²) in [5.41, 5.74) is 3.32. The van der Waals surface area contributed by atoms with E-state index in [1.807, 2.05) is 18.2 Å². The molecule has 0 atom stereocenters. The van der Waals surface area contributed by atoms with Crippen molar-refractivity contribution in [3.8, 4) is 0 Å². The van der Waals surface area contributed by atoms with Crippen LogP contribution in [0.25, 0.3) is 5.57 Å². The predicted octanol–water partition coefficient (Wildman–Crippen LogP) is 4.19. The number of hydrogen-bond acceptors (Lipinski definition) is 4. The molecule has 1 aliphatic heterocycles. The van der Waals surface area contributed by atoms with Crippen molar-refractivity contribution in [3.63, 3.8) is 0 Å². The lowest BCUT2D eigenvalue weighted by Gasteiger charge is -2.32. The Labute approximate surface area is 182 Å². The van der Waals surface area contributed by atoms with Crippen LogP contribution in [0.1, 0.15) is 31.4 Å². The van der Waals surface area contributed by atoms with Gasteiger partial charge in [-0.1, -0.05) is 61.2 Å². The minimum absolute atomic E-state index is 0.669. The smallest absolute Gasteiger partial charge is 0.372 e. The van der Waals surface area contributed by atoms with Gasteiger partial charge < -0.3 is 13.6 Å². The van der Waals surface area contributed by atoms with E-state index in [1.165, 1.54) is 5.19 Å². The van der Waals surface area contributed by atoms with Crippen molar-refractivity contribution in [3.05, 3.63) is 72.3 Å². The zero-order valence-electron chi connectivity index (χ0n) is 18.4. The topological polar surface area (TPSA) is 30.9 Å². The van der Waals surface area contributed by atoms with Crippen LogP contribution >= 0.6 is 0 Å². The van der Waals surface area contributed by atoms with Crippen LogP contribution < -0.4 is 5.19 Å². The Balaban J connectivity index is 1.74. The summed E-state index contributed by atoms with van der Waals surface area (Å²) in [5, 5.41) is 1.21. The lowest BCUT2D eigenvalue weighted by molar-refractivity contribution is 0.0376. The van der Waals surface area contributed by atoms with E-state index in [4.69, 9.17) is 13.6 Å². The lowest BCUT2D eigenvalue weighted by atomic mass is 10.00. The first-order valence-corrected chi connectivity index (χ1v) is 13.1. The Hall–Kier alpha value is -1.76. The van der Waals surface area contributed by atoms with Gasteiger partial charge in [0.25, 0.3) is 0 Å². The third-order valence-corrected chi connectivity index (χ3v) is 9.37. The van der Waals surface area contributed by atoms with Crippen LogP contribution in [0.15, 0.2) is 61.2 Å². The third-order valence-electron chi connectivity index (χ3n) is 5.63. The number of nitrogens with zero attached hydrogens (tertiary/aromatic N) is 1. The second kappa shape index (κ2) is 11.6. The van der Waals surface area contributed by atoms with Gasteiger partial charge in [-0.3, -0.25) is 4.90 Å². The molecule has 0 aromatic heterocycles. The van der Waals surface area contributed by atoms with Gasteiger partial charge in [0.2, 0.25) is 0 Å². The molecular weight excluding hydrogens is 390 g/mol. The van der Waals surface area contributed by atoms with E-state index >= 15 is 0 Å². The minimum atomic E-state index is -2.48. The normalized spacial score (nSPS) is 15.3. The standard InChI is InChI=1S/C25H35NO3Si/c1-4-28-30(29-5-2,21-9-16-26-17-19-27-20-18-26)25-14-12-24(13-15-25)22(3)23-10-7-6-8-11-23/h6-8,10-15H,3-5,9,16-21H2,1-2H3. The molecule has 1 fully saturated rings. The van der Waals surface area contributed by atoms with Crippen molar-refractivity contribution >= 4 is 19.3 Å². The van der Waals surface area contributed by atoms with Gasteiger partial charge in [0.05, 0.1) is 13.2 Å². The highest BCUT2D eigenvalue weighted by Gasteiger charge is 2.39. The van der Waals surface area contributed by atoms with E-state index in [0.29, 0.717) is 13.2 Å². The van der Waals surface area contributed by atoms with Gasteiger partial charge in [-0.2, -0.15) is 0 Å². The summed E-state index contributed by atoms with van der Waals surface area (Å²) in [7, 11) is -2.48. The Morgan fingerprint density at radius 1 is 0.933 bits per heavy atom. The Kier molecular flexibility index (Phi) is 8.84. The summed E-state index contributed by atoms with van der Waals surface area (Å²) in [4.78, 5) is 2.48. The van der Waals surface area contributed by atoms with Crippen molar-refractivity contribution in [1.82, 2.24) is 4.90 Å². The highest BCUT2D eigenvalue weighted by Crippen LogP contribution is 2.23. The monoisotopic (exact) mass is 425 g/mol. The maximum atomic E-state index is 6.38. The van der Waals surface area contributed by atoms with Crippen molar-refractivity contribution in [1.29, 1.82) is 0 Å². The molecule has 0 saturated carbocycles. The number of hydrogen-bond donors (Lipinski definition) is 0. The first-order chi connectivity index (χ1) is 14.7. The summed E-state index contributed by atoms with van der Waals surface area (Å²) >= 11 is 0. The maximum absolute atomic E-state index is 6.38. The van der Waals surface area contributed by atoms with Gasteiger partial charge in [0.15, 0.2) is 0 Å². The molecule has 3 rings (SSSR count). The molecule has 30 heavy (non-hydrogen) atoms. The summed E-state index contributed by atoms with van der Waals surface area (Å²) in [6.07, 6.45) is 1.07. The van der Waals surface area contributed by atoms with E-state index in [-0.39, 0.29) is 0 Å². The summed E-state index contributed by atoms with van der Waals surface area (Å²) in [6.45, 7) is 14.6. The summed E-state index contributed by atoms with van der Waals surface area (Å²) < 4.78 is 18.2. The highest BCUT2D eigenvalue weighted by molar-refractivity contribution is 6.81. The van der Waals surface area contributed by atoms with Crippen molar-refractivity contribution in [2.75, 3.05) is 46.1 Å². The zero-order chi connectivity index (χ0) is 21.2. The number of ether oxygens (including phenoxy) is 1. The summed E-state index contributed by atoms with van der Waals surface area (Å²) in [6, 6.07) is 20.0. The second-order valence-corrected chi connectivity index (χ2v) is 10.8. The molecule has 0 unspecified atom stereocenters. The molecule has 5 heteroatoms. The minimum Gasteiger partial charge on any atom is -0.391 e. The van der Waals surface area contributed by atoms with Gasteiger partial charge in [-0.25, -0.2) is 0 Å². The molecule has 2 aromatic rings. The van der Waals surface area contributed by atoms with Crippen LogP contribution in [0.2, 0.25) is 6.04 Å². The molecule has 1 saturated heterocycles. The molecule has 2 aromatic carbocycles. The number of morpholine rings is 1. The van der Waals surface area contributed by atoms with Crippen molar-refractivity contribution in [2.24, 2.45) is 0 Å². The molecule has 0 spiro atoms. The second-order valence-electron chi connectivity index (χ2n) is 7.60. The van der Waals surface area contributed by atoms with E-state index in [9.17, 15) is 0 Å². The lowest BCUT2D eigenvalue weighted by Crippen LogP contribution is -2.54. The van der Waals surface area contributed by atoms with Crippen molar-refractivity contribution < 1.29 is 13.6 Å². The average molecular weight is 426 g/mol. The molecule has 0 aliphatic carbocycles. The molecule has 4 nitrogen and oxygen atoms in total. The van der Waals surface area contributed by atoms with Gasteiger partial charge in [-0.05, 0) is 54.7 Å². The van der Waals surface area contributed by atoms with Gasteiger partial charge >= 0.3 is 8.56 Å². The van der Waals surface area contributed by atoms with Crippen LogP contribution in [0, 0.1) is 0 Å². The first kappa shape index (κ1) is 22.9. The third kappa shape index (κ3) is 5.90. The van der Waals surface area contributed by atoms with Crippen LogP contribution in [0.4, 0.5) is 0 Å². The Morgan fingerprint density at radius 2 is 1.53 bits per heavy atom. The van der Waals surface area contributed by atoms with Crippen LogP contribution in [-0.4, -0.2) is 59.5 Å². The summed E-state index contributed by atoms with van der Waals surface area (Å²) in [5.74, 6) is 0.